The minimum Gasteiger partial charge on any atom is -0.507 e. The summed E-state index contributed by atoms with van der Waals surface area (Å²) in [6, 6.07) is 10.5. The van der Waals surface area contributed by atoms with Crippen molar-refractivity contribution < 1.29 is 24.5 Å². The molecule has 1 unspecified atom stereocenters. The summed E-state index contributed by atoms with van der Waals surface area (Å²) in [6.45, 7) is 4.94. The first kappa shape index (κ1) is 22.7. The molecule has 2 N–H and O–H groups in total. The Morgan fingerprint density at radius 2 is 1.81 bits per heavy atom. The molecule has 1 amide bonds. The van der Waals surface area contributed by atoms with Gasteiger partial charge >= 0.3 is 0 Å². The standard InChI is InChI=1S/C24H26ClNO5/c1-3-5-12-26-21(16-8-11-19(27)18(25)14-16)20(23(29)24(26)30)22(28)15-6-9-17(10-7-15)31-13-4-2/h6-11,14,21,27-28H,3-5,12-13H2,1-2H3/b22-20-. The van der Waals surface area contributed by atoms with Crippen LogP contribution in [-0.2, 0) is 9.59 Å². The van der Waals surface area contributed by atoms with Crippen molar-refractivity contribution in [1.82, 2.24) is 4.90 Å². The molecule has 0 saturated carbocycles. The quantitative estimate of drug-likeness (QED) is 0.338. The molecule has 0 spiro atoms. The lowest BCUT2D eigenvalue weighted by atomic mass is 9.95. The number of phenols is 1. The van der Waals surface area contributed by atoms with Crippen LogP contribution in [0.3, 0.4) is 0 Å². The Kier molecular flexibility index (Phi) is 7.23. The number of carbonyl (C=O) groups excluding carboxylic acids is 2. The SMILES string of the molecule is CCCCN1C(=O)C(=O)/C(=C(\O)c2ccc(OCCC)cc2)C1c1ccc(O)c(Cl)c1. The molecule has 0 aromatic heterocycles. The topological polar surface area (TPSA) is 87.1 Å². The Morgan fingerprint density at radius 1 is 1.10 bits per heavy atom. The van der Waals surface area contributed by atoms with Gasteiger partial charge in [-0.15, -0.1) is 0 Å². The van der Waals surface area contributed by atoms with Crippen molar-refractivity contribution in [3.63, 3.8) is 0 Å². The summed E-state index contributed by atoms with van der Waals surface area (Å²) in [5.41, 5.74) is 0.958. The number of aliphatic hydroxyl groups excluding tert-OH is 1. The average Bonchev–Trinajstić information content (AvgIpc) is 3.02. The lowest BCUT2D eigenvalue weighted by molar-refractivity contribution is -0.139. The van der Waals surface area contributed by atoms with E-state index < -0.39 is 17.7 Å². The van der Waals surface area contributed by atoms with Crippen LogP contribution in [0, 0.1) is 0 Å². The van der Waals surface area contributed by atoms with Gasteiger partial charge < -0.3 is 19.8 Å². The summed E-state index contributed by atoms with van der Waals surface area (Å²) >= 11 is 6.09. The minimum atomic E-state index is -0.791. The van der Waals surface area contributed by atoms with Gasteiger partial charge in [0, 0.05) is 12.1 Å². The second-order valence-electron chi connectivity index (χ2n) is 7.43. The smallest absolute Gasteiger partial charge is 0.295 e. The number of hydrogen-bond acceptors (Lipinski definition) is 5. The summed E-state index contributed by atoms with van der Waals surface area (Å²) in [4.78, 5) is 27.2. The first-order chi connectivity index (χ1) is 14.9. The normalized spacial score (nSPS) is 17.9. The van der Waals surface area contributed by atoms with Gasteiger partial charge in [0.1, 0.15) is 17.3 Å². The number of benzene rings is 2. The van der Waals surface area contributed by atoms with Crippen LogP contribution in [0.25, 0.3) is 5.76 Å². The van der Waals surface area contributed by atoms with Crippen molar-refractivity contribution in [2.45, 2.75) is 39.2 Å². The van der Waals surface area contributed by atoms with E-state index in [1.54, 1.807) is 30.3 Å². The molecular weight excluding hydrogens is 418 g/mol. The fourth-order valence-electron chi connectivity index (χ4n) is 3.56. The van der Waals surface area contributed by atoms with Crippen molar-refractivity contribution in [2.24, 2.45) is 0 Å². The van der Waals surface area contributed by atoms with Crippen molar-refractivity contribution in [2.75, 3.05) is 13.2 Å². The molecule has 1 heterocycles. The molecule has 3 rings (SSSR count). The molecule has 1 aliphatic rings. The third kappa shape index (κ3) is 4.69. The zero-order chi connectivity index (χ0) is 22.5. The molecule has 2 aromatic rings. The number of unbranched alkanes of at least 4 members (excludes halogenated alkanes) is 1. The van der Waals surface area contributed by atoms with Crippen LogP contribution in [0.1, 0.15) is 50.3 Å². The minimum absolute atomic E-state index is 0.00471. The van der Waals surface area contributed by atoms with Crippen LogP contribution in [-0.4, -0.2) is 40.0 Å². The molecule has 6 nitrogen and oxygen atoms in total. The fraction of sp³-hybridized carbons (Fsp3) is 0.333. The molecule has 2 aromatic carbocycles. The van der Waals surface area contributed by atoms with Gasteiger partial charge in [0.2, 0.25) is 0 Å². The zero-order valence-corrected chi connectivity index (χ0v) is 18.4. The number of rotatable bonds is 8. The zero-order valence-electron chi connectivity index (χ0n) is 17.6. The number of nitrogens with zero attached hydrogens (tertiary/aromatic N) is 1. The number of halogens is 1. The summed E-state index contributed by atoms with van der Waals surface area (Å²) < 4.78 is 5.56. The highest BCUT2D eigenvalue weighted by molar-refractivity contribution is 6.46. The average molecular weight is 444 g/mol. The van der Waals surface area contributed by atoms with Crippen LogP contribution in [0.5, 0.6) is 11.5 Å². The van der Waals surface area contributed by atoms with E-state index in [2.05, 4.69) is 0 Å². The first-order valence-corrected chi connectivity index (χ1v) is 10.8. The Bertz CT molecular complexity index is 1000. The predicted octanol–water partition coefficient (Wildman–Crippen LogP) is 5.06. The van der Waals surface area contributed by atoms with Gasteiger partial charge in [0.15, 0.2) is 0 Å². The molecule has 7 heteroatoms. The van der Waals surface area contributed by atoms with E-state index in [4.69, 9.17) is 16.3 Å². The number of Topliss-reactive ketones (excluding diaryl/α,β-unsaturated/α-hetero) is 1. The van der Waals surface area contributed by atoms with Crippen LogP contribution in [0.2, 0.25) is 5.02 Å². The molecule has 1 atom stereocenters. The van der Waals surface area contributed by atoms with Gasteiger partial charge in [-0.25, -0.2) is 0 Å². The van der Waals surface area contributed by atoms with Crippen LogP contribution < -0.4 is 4.74 Å². The van der Waals surface area contributed by atoms with Crippen molar-refractivity contribution >= 4 is 29.1 Å². The Balaban J connectivity index is 2.08. The number of likely N-dealkylation sites (tertiary alicyclic amines) is 1. The van der Waals surface area contributed by atoms with E-state index in [1.165, 1.54) is 17.0 Å². The highest BCUT2D eigenvalue weighted by atomic mass is 35.5. The number of carbonyl (C=O) groups is 2. The number of aliphatic hydroxyl groups is 1. The van der Waals surface area contributed by atoms with Gasteiger partial charge in [-0.1, -0.05) is 37.9 Å². The monoisotopic (exact) mass is 443 g/mol. The van der Waals surface area contributed by atoms with Crippen molar-refractivity contribution in [1.29, 1.82) is 0 Å². The van der Waals surface area contributed by atoms with E-state index in [9.17, 15) is 19.8 Å². The Hall–Kier alpha value is -2.99. The summed E-state index contributed by atoms with van der Waals surface area (Å²) in [7, 11) is 0. The third-order valence-corrected chi connectivity index (χ3v) is 5.48. The number of amides is 1. The van der Waals surface area contributed by atoms with Crippen molar-refractivity contribution in [3.8, 4) is 11.5 Å². The molecule has 0 radical (unpaired) electrons. The second kappa shape index (κ2) is 9.88. The largest absolute Gasteiger partial charge is 0.507 e. The van der Waals surface area contributed by atoms with Crippen LogP contribution in [0.15, 0.2) is 48.0 Å². The maximum Gasteiger partial charge on any atom is 0.295 e. The number of aromatic hydroxyl groups is 1. The molecule has 164 valence electrons. The van der Waals surface area contributed by atoms with Crippen LogP contribution >= 0.6 is 11.6 Å². The van der Waals surface area contributed by atoms with E-state index in [0.29, 0.717) is 36.4 Å². The predicted molar refractivity (Wildman–Crippen MR) is 119 cm³/mol. The van der Waals surface area contributed by atoms with E-state index in [-0.39, 0.29) is 22.1 Å². The number of phenolic OH excluding ortho intramolecular Hbond substituents is 1. The van der Waals surface area contributed by atoms with Crippen molar-refractivity contribution in [3.05, 3.63) is 64.2 Å². The van der Waals surface area contributed by atoms with Gasteiger partial charge in [0.25, 0.3) is 11.7 Å². The summed E-state index contributed by atoms with van der Waals surface area (Å²) in [5.74, 6) is -1.10. The lowest BCUT2D eigenvalue weighted by Gasteiger charge is -2.25. The molecule has 0 aliphatic carbocycles. The van der Waals surface area contributed by atoms with Gasteiger partial charge in [-0.2, -0.15) is 0 Å². The molecule has 1 aliphatic heterocycles. The fourth-order valence-corrected chi connectivity index (χ4v) is 3.75. The molecule has 0 bridgehead atoms. The third-order valence-electron chi connectivity index (χ3n) is 5.18. The maximum absolute atomic E-state index is 12.9. The summed E-state index contributed by atoms with van der Waals surface area (Å²) in [6.07, 6.45) is 2.42. The molecule has 1 saturated heterocycles. The number of ketones is 1. The van der Waals surface area contributed by atoms with Gasteiger partial charge in [-0.3, -0.25) is 9.59 Å². The first-order valence-electron chi connectivity index (χ1n) is 10.4. The van der Waals surface area contributed by atoms with Gasteiger partial charge in [-0.05, 0) is 54.8 Å². The number of hydrogen-bond donors (Lipinski definition) is 2. The summed E-state index contributed by atoms with van der Waals surface area (Å²) in [5, 5.41) is 20.9. The Labute approximate surface area is 186 Å². The van der Waals surface area contributed by atoms with Gasteiger partial charge in [0.05, 0.1) is 23.2 Å². The lowest BCUT2D eigenvalue weighted by Crippen LogP contribution is -2.30. The highest BCUT2D eigenvalue weighted by Gasteiger charge is 2.45. The van der Waals surface area contributed by atoms with E-state index in [0.717, 1.165) is 12.8 Å². The molecular formula is C24H26ClNO5. The Morgan fingerprint density at radius 3 is 2.42 bits per heavy atom. The number of ether oxygens (including phenoxy) is 1. The van der Waals surface area contributed by atoms with E-state index in [1.807, 2.05) is 13.8 Å². The molecule has 31 heavy (non-hydrogen) atoms. The highest BCUT2D eigenvalue weighted by Crippen LogP contribution is 2.41. The van der Waals surface area contributed by atoms with Crippen LogP contribution in [0.4, 0.5) is 0 Å². The van der Waals surface area contributed by atoms with E-state index >= 15 is 0 Å². The second-order valence-corrected chi connectivity index (χ2v) is 7.84. The molecule has 1 fully saturated rings. The maximum atomic E-state index is 12.9.